The number of methoxy groups -OCH3 is 1. The van der Waals surface area contributed by atoms with Crippen molar-refractivity contribution in [2.24, 2.45) is 0 Å². The zero-order chi connectivity index (χ0) is 25.8. The monoisotopic (exact) mass is 478 g/mol. The second-order valence-corrected chi connectivity index (χ2v) is 6.72. The number of hydrogen-bond donors (Lipinski definition) is 0. The lowest BCUT2D eigenvalue weighted by Crippen LogP contribution is -2.16. The van der Waals surface area contributed by atoms with Crippen LogP contribution in [0.15, 0.2) is 48.6 Å². The minimum atomic E-state index is -0.757. The molecule has 0 aromatic heterocycles. The third-order valence-electron chi connectivity index (χ3n) is 3.69. The van der Waals surface area contributed by atoms with Gasteiger partial charge in [0.05, 0.1) is 12.7 Å². The molecule has 0 N–H and O–H groups in total. The van der Waals surface area contributed by atoms with E-state index in [2.05, 4.69) is 19.7 Å². The van der Waals surface area contributed by atoms with Gasteiger partial charge < -0.3 is 33.2 Å². The second-order valence-electron chi connectivity index (χ2n) is 6.72. The summed E-state index contributed by atoms with van der Waals surface area (Å²) in [6.07, 6.45) is 0. The molecular weight excluding hydrogens is 452 g/mol. The highest BCUT2D eigenvalue weighted by Crippen LogP contribution is 2.39. The molecule has 0 atom stereocenters. The van der Waals surface area contributed by atoms with Crippen molar-refractivity contribution >= 4 is 23.9 Å². The summed E-state index contributed by atoms with van der Waals surface area (Å²) in [5, 5.41) is 0. The van der Waals surface area contributed by atoms with Gasteiger partial charge in [0.15, 0.2) is 11.5 Å². The highest BCUT2D eigenvalue weighted by atomic mass is 16.7. The summed E-state index contributed by atoms with van der Waals surface area (Å²) < 4.78 is 35.7. The SMILES string of the molecule is C=C(C)C(=O)OCOc1cc(C(=O)OC)cc(OCOC(=O)C(=C)C)c1OCOC(=O)C(=C)C. The summed E-state index contributed by atoms with van der Waals surface area (Å²) in [4.78, 5) is 47.0. The Morgan fingerprint density at radius 2 is 1.03 bits per heavy atom. The summed E-state index contributed by atoms with van der Waals surface area (Å²) in [6, 6.07) is 2.45. The van der Waals surface area contributed by atoms with E-state index in [9.17, 15) is 19.2 Å². The van der Waals surface area contributed by atoms with E-state index >= 15 is 0 Å². The van der Waals surface area contributed by atoms with Gasteiger partial charge in [-0.3, -0.25) is 0 Å². The van der Waals surface area contributed by atoms with E-state index in [1.807, 2.05) is 0 Å². The van der Waals surface area contributed by atoms with Gasteiger partial charge in [0.2, 0.25) is 26.1 Å². The van der Waals surface area contributed by atoms with E-state index in [1.165, 1.54) is 32.9 Å². The van der Waals surface area contributed by atoms with Crippen molar-refractivity contribution in [3.63, 3.8) is 0 Å². The maximum Gasteiger partial charge on any atom is 0.338 e. The van der Waals surface area contributed by atoms with Gasteiger partial charge in [-0.25, -0.2) is 19.2 Å². The molecule has 0 heterocycles. The first-order valence-corrected chi connectivity index (χ1v) is 9.60. The van der Waals surface area contributed by atoms with Gasteiger partial charge in [-0.1, -0.05) is 19.7 Å². The highest BCUT2D eigenvalue weighted by molar-refractivity contribution is 5.91. The van der Waals surface area contributed by atoms with Crippen LogP contribution >= 0.6 is 0 Å². The molecule has 0 radical (unpaired) electrons. The molecule has 11 nitrogen and oxygen atoms in total. The Kier molecular flexibility index (Phi) is 10.9. The topological polar surface area (TPSA) is 133 Å². The molecule has 1 rings (SSSR count). The fourth-order valence-electron chi connectivity index (χ4n) is 1.97. The van der Waals surface area contributed by atoms with Crippen molar-refractivity contribution in [3.05, 3.63) is 54.2 Å². The first-order chi connectivity index (χ1) is 16.0. The van der Waals surface area contributed by atoms with Crippen molar-refractivity contribution in [2.75, 3.05) is 27.5 Å². The van der Waals surface area contributed by atoms with Crippen LogP contribution in [0.1, 0.15) is 31.1 Å². The summed E-state index contributed by atoms with van der Waals surface area (Å²) >= 11 is 0. The molecule has 0 fully saturated rings. The van der Waals surface area contributed by atoms with Gasteiger partial charge in [0, 0.05) is 16.7 Å². The van der Waals surface area contributed by atoms with Crippen LogP contribution in [-0.4, -0.2) is 51.4 Å². The van der Waals surface area contributed by atoms with Crippen LogP contribution in [0.4, 0.5) is 0 Å². The Hall–Kier alpha value is -4.28. The highest BCUT2D eigenvalue weighted by Gasteiger charge is 2.21. The molecule has 0 aliphatic carbocycles. The maximum atomic E-state index is 12.1. The van der Waals surface area contributed by atoms with Gasteiger partial charge in [0.25, 0.3) is 0 Å². The van der Waals surface area contributed by atoms with E-state index in [-0.39, 0.29) is 39.5 Å². The van der Waals surface area contributed by atoms with Crippen molar-refractivity contribution < 1.29 is 52.3 Å². The van der Waals surface area contributed by atoms with Gasteiger partial charge in [0.1, 0.15) is 0 Å². The van der Waals surface area contributed by atoms with E-state index in [0.717, 1.165) is 7.11 Å². The lowest BCUT2D eigenvalue weighted by molar-refractivity contribution is -0.147. The Labute approximate surface area is 196 Å². The minimum absolute atomic E-state index is 0.0313. The number of hydrogen-bond acceptors (Lipinski definition) is 11. The van der Waals surface area contributed by atoms with Gasteiger partial charge in [-0.05, 0) is 32.9 Å². The first kappa shape index (κ1) is 27.8. The molecule has 11 heteroatoms. The fraction of sp³-hybridized carbons (Fsp3) is 0.304. The van der Waals surface area contributed by atoms with Crippen LogP contribution < -0.4 is 14.2 Å². The number of esters is 4. The lowest BCUT2D eigenvalue weighted by atomic mass is 10.2. The van der Waals surface area contributed by atoms with E-state index in [0.29, 0.717) is 0 Å². The first-order valence-electron chi connectivity index (χ1n) is 9.60. The second kappa shape index (κ2) is 13.3. The third kappa shape index (κ3) is 8.69. The molecule has 1 aromatic carbocycles. The van der Waals surface area contributed by atoms with Crippen LogP contribution in [0, 0.1) is 0 Å². The molecule has 0 aliphatic rings. The molecule has 1 aromatic rings. The number of carbonyl (C=O) groups is 4. The van der Waals surface area contributed by atoms with Crippen LogP contribution in [0.25, 0.3) is 0 Å². The van der Waals surface area contributed by atoms with Crippen molar-refractivity contribution in [2.45, 2.75) is 20.8 Å². The van der Waals surface area contributed by atoms with Crippen LogP contribution in [0.5, 0.6) is 17.2 Å². The number of ether oxygens (including phenoxy) is 7. The molecule has 0 saturated heterocycles. The summed E-state index contributed by atoms with van der Waals surface area (Å²) in [7, 11) is 1.16. The summed E-state index contributed by atoms with van der Waals surface area (Å²) in [6.45, 7) is 13.0. The molecule has 0 unspecified atom stereocenters. The molecule has 0 spiro atoms. The third-order valence-corrected chi connectivity index (χ3v) is 3.69. The number of rotatable bonds is 13. The molecule has 184 valence electrons. The fourth-order valence-corrected chi connectivity index (χ4v) is 1.97. The van der Waals surface area contributed by atoms with Gasteiger partial charge in [-0.2, -0.15) is 0 Å². The lowest BCUT2D eigenvalue weighted by Gasteiger charge is -2.18. The molecule has 0 aliphatic heterocycles. The Bertz CT molecular complexity index is 938. The Balaban J connectivity index is 3.26. The maximum absolute atomic E-state index is 12.1. The number of benzene rings is 1. The van der Waals surface area contributed by atoms with Gasteiger partial charge >= 0.3 is 23.9 Å². The minimum Gasteiger partial charge on any atom is -0.465 e. The Morgan fingerprint density at radius 3 is 1.35 bits per heavy atom. The Morgan fingerprint density at radius 1 is 0.676 bits per heavy atom. The average Bonchev–Trinajstić information content (AvgIpc) is 2.78. The quantitative estimate of drug-likeness (QED) is 0.179. The molecule has 0 bridgehead atoms. The van der Waals surface area contributed by atoms with Crippen LogP contribution in [-0.2, 0) is 33.3 Å². The largest absolute Gasteiger partial charge is 0.465 e. The predicted octanol–water partition coefficient (Wildman–Crippen LogP) is 2.84. The predicted molar refractivity (Wildman–Crippen MR) is 117 cm³/mol. The standard InChI is InChI=1S/C23H26O11/c1-13(2)20(24)32-10-29-17-8-16(23(27)28-7)9-18(30-11-33-21(25)14(3)4)19(17)31-12-34-22(26)15(5)6/h8-9H,1,3,5,10-12H2,2,4,6-7H3. The molecular formula is C23H26O11. The zero-order valence-corrected chi connectivity index (χ0v) is 19.4. The van der Waals surface area contributed by atoms with Crippen molar-refractivity contribution in [3.8, 4) is 17.2 Å². The molecule has 0 amide bonds. The zero-order valence-electron chi connectivity index (χ0n) is 19.4. The van der Waals surface area contributed by atoms with Gasteiger partial charge in [-0.15, -0.1) is 0 Å². The van der Waals surface area contributed by atoms with E-state index < -0.39 is 44.3 Å². The van der Waals surface area contributed by atoms with Crippen LogP contribution in [0.2, 0.25) is 0 Å². The van der Waals surface area contributed by atoms with Crippen molar-refractivity contribution in [1.82, 2.24) is 0 Å². The summed E-state index contributed by atoms with van der Waals surface area (Å²) in [5.41, 5.74) is 0.379. The smallest absolute Gasteiger partial charge is 0.338 e. The molecule has 34 heavy (non-hydrogen) atoms. The van der Waals surface area contributed by atoms with Crippen molar-refractivity contribution in [1.29, 1.82) is 0 Å². The normalized spacial score (nSPS) is 9.76. The van der Waals surface area contributed by atoms with Crippen LogP contribution in [0.3, 0.4) is 0 Å². The van der Waals surface area contributed by atoms with E-state index in [4.69, 9.17) is 33.2 Å². The van der Waals surface area contributed by atoms with E-state index in [1.54, 1.807) is 0 Å². The molecule has 0 saturated carbocycles. The summed E-state index contributed by atoms with van der Waals surface area (Å²) in [5.74, 6) is -3.33. The average molecular weight is 478 g/mol. The number of carbonyl (C=O) groups excluding carboxylic acids is 4.